The number of fused-ring (bicyclic) bond motifs is 1. The minimum Gasteiger partial charge on any atom is -0.351 e. The van der Waals surface area contributed by atoms with Crippen LogP contribution in [0.25, 0.3) is 10.9 Å². The topological polar surface area (TPSA) is 30.7 Å². The quantitative estimate of drug-likeness (QED) is 0.540. The number of halogens is 2. The first-order valence-corrected chi connectivity index (χ1v) is 6.70. The molecule has 0 aliphatic rings. The second kappa shape index (κ2) is 5.19. The van der Waals surface area contributed by atoms with Gasteiger partial charge in [-0.05, 0) is 23.6 Å². The summed E-state index contributed by atoms with van der Waals surface area (Å²) in [4.78, 5) is 8.10. The van der Waals surface area contributed by atoms with E-state index >= 15 is 0 Å². The van der Waals surface area contributed by atoms with Crippen LogP contribution in [0.2, 0.25) is 10.4 Å². The van der Waals surface area contributed by atoms with Crippen LogP contribution in [0.3, 0.4) is 0 Å². The predicted molar refractivity (Wildman–Crippen MR) is 77.7 cm³/mol. The molecule has 0 spiro atoms. The maximum absolute atomic E-state index is 6.04. The summed E-state index contributed by atoms with van der Waals surface area (Å²) in [6.45, 7) is 0.869. The molecule has 3 rings (SSSR count). The Morgan fingerprint density at radius 2 is 1.79 bits per heavy atom. The van der Waals surface area contributed by atoms with Crippen molar-refractivity contribution in [2.75, 3.05) is 0 Å². The summed E-state index contributed by atoms with van der Waals surface area (Å²) in [6.07, 6.45) is 4.86. The Labute approximate surface area is 120 Å². The maximum Gasteiger partial charge on any atom is 0.224 e. The molecule has 0 aliphatic heterocycles. The Bertz CT molecular complexity index is 707. The Hall–Kier alpha value is -1.58. The number of aromatic nitrogens is 3. The van der Waals surface area contributed by atoms with Gasteiger partial charge >= 0.3 is 0 Å². The monoisotopic (exact) mass is 291 g/mol. The Morgan fingerprint density at radius 3 is 2.58 bits per heavy atom. The number of aryl methyl sites for hydroxylation is 2. The van der Waals surface area contributed by atoms with Gasteiger partial charge in [0.2, 0.25) is 5.28 Å². The lowest BCUT2D eigenvalue weighted by atomic mass is 10.1. The molecule has 96 valence electrons. The second-order valence-corrected chi connectivity index (χ2v) is 5.01. The van der Waals surface area contributed by atoms with Crippen molar-refractivity contribution in [2.24, 2.45) is 0 Å². The molecule has 3 aromatic rings. The molecule has 2 aromatic heterocycles. The van der Waals surface area contributed by atoms with Crippen molar-refractivity contribution >= 4 is 34.1 Å². The fourth-order valence-corrected chi connectivity index (χ4v) is 2.49. The molecule has 19 heavy (non-hydrogen) atoms. The van der Waals surface area contributed by atoms with Gasteiger partial charge in [-0.25, -0.2) is 9.97 Å². The standard InChI is InChI=1S/C14H11Cl2N3/c15-13-11-8-19(9-12(11)17-14(16)18-13)7-6-10-4-2-1-3-5-10/h1-5,8-9H,6-7H2. The van der Waals surface area contributed by atoms with E-state index in [1.807, 2.05) is 30.6 Å². The van der Waals surface area contributed by atoms with Crippen LogP contribution in [0.5, 0.6) is 0 Å². The van der Waals surface area contributed by atoms with Crippen LogP contribution in [-0.2, 0) is 13.0 Å². The van der Waals surface area contributed by atoms with Gasteiger partial charge in [-0.1, -0.05) is 41.9 Å². The molecule has 0 atom stereocenters. The first kappa shape index (κ1) is 12.5. The van der Waals surface area contributed by atoms with Crippen LogP contribution >= 0.6 is 23.2 Å². The average molecular weight is 292 g/mol. The second-order valence-electron chi connectivity index (χ2n) is 4.31. The first-order chi connectivity index (χ1) is 9.22. The molecular weight excluding hydrogens is 281 g/mol. The molecule has 3 nitrogen and oxygen atoms in total. The molecule has 0 aliphatic carbocycles. The van der Waals surface area contributed by atoms with Gasteiger partial charge in [-0.3, -0.25) is 0 Å². The molecule has 0 N–H and O–H groups in total. The predicted octanol–water partition coefficient (Wildman–Crippen LogP) is 3.98. The van der Waals surface area contributed by atoms with E-state index in [1.165, 1.54) is 5.56 Å². The van der Waals surface area contributed by atoms with Crippen LogP contribution in [0.4, 0.5) is 0 Å². The van der Waals surface area contributed by atoms with Crippen molar-refractivity contribution in [3.63, 3.8) is 0 Å². The zero-order chi connectivity index (χ0) is 13.2. The molecule has 0 saturated heterocycles. The van der Waals surface area contributed by atoms with Gasteiger partial charge in [0.05, 0.1) is 10.9 Å². The van der Waals surface area contributed by atoms with Gasteiger partial charge in [0.25, 0.3) is 0 Å². The van der Waals surface area contributed by atoms with Crippen LogP contribution in [0, 0.1) is 0 Å². The highest BCUT2D eigenvalue weighted by molar-refractivity contribution is 6.35. The van der Waals surface area contributed by atoms with Crippen molar-refractivity contribution in [2.45, 2.75) is 13.0 Å². The molecule has 0 saturated carbocycles. The zero-order valence-corrected chi connectivity index (χ0v) is 11.6. The number of benzene rings is 1. The van der Waals surface area contributed by atoms with Gasteiger partial charge in [0, 0.05) is 18.9 Å². The lowest BCUT2D eigenvalue weighted by Gasteiger charge is -2.02. The van der Waals surface area contributed by atoms with Gasteiger partial charge < -0.3 is 4.57 Å². The molecule has 0 radical (unpaired) electrons. The Kier molecular flexibility index (Phi) is 3.40. The van der Waals surface area contributed by atoms with E-state index in [0.29, 0.717) is 5.15 Å². The number of hydrogen-bond donors (Lipinski definition) is 0. The summed E-state index contributed by atoms with van der Waals surface area (Å²) in [5.41, 5.74) is 2.08. The average Bonchev–Trinajstić information content (AvgIpc) is 2.81. The molecule has 5 heteroatoms. The highest BCUT2D eigenvalue weighted by Gasteiger charge is 2.07. The van der Waals surface area contributed by atoms with Crippen molar-refractivity contribution in [1.29, 1.82) is 0 Å². The summed E-state index contributed by atoms with van der Waals surface area (Å²) in [5.74, 6) is 0. The number of hydrogen-bond acceptors (Lipinski definition) is 2. The van der Waals surface area contributed by atoms with E-state index in [4.69, 9.17) is 23.2 Å². The van der Waals surface area contributed by atoms with E-state index in [2.05, 4.69) is 26.7 Å². The van der Waals surface area contributed by atoms with E-state index in [0.717, 1.165) is 23.9 Å². The molecule has 1 aromatic carbocycles. The molecule has 0 unspecified atom stereocenters. The van der Waals surface area contributed by atoms with Gasteiger partial charge in [-0.2, -0.15) is 0 Å². The van der Waals surface area contributed by atoms with Crippen LogP contribution in [0.1, 0.15) is 5.56 Å². The van der Waals surface area contributed by atoms with Crippen LogP contribution in [-0.4, -0.2) is 14.5 Å². The van der Waals surface area contributed by atoms with Crippen molar-refractivity contribution in [3.05, 3.63) is 58.7 Å². The summed E-state index contributed by atoms with van der Waals surface area (Å²) in [7, 11) is 0. The first-order valence-electron chi connectivity index (χ1n) is 5.95. The van der Waals surface area contributed by atoms with E-state index < -0.39 is 0 Å². The maximum atomic E-state index is 6.04. The fraction of sp³-hybridized carbons (Fsp3) is 0.143. The smallest absolute Gasteiger partial charge is 0.224 e. The molecule has 0 fully saturated rings. The van der Waals surface area contributed by atoms with Crippen molar-refractivity contribution < 1.29 is 0 Å². The lowest BCUT2D eigenvalue weighted by molar-refractivity contribution is 0.703. The lowest BCUT2D eigenvalue weighted by Crippen LogP contribution is -1.97. The third kappa shape index (κ3) is 2.72. The Morgan fingerprint density at radius 1 is 1.00 bits per heavy atom. The van der Waals surface area contributed by atoms with Crippen LogP contribution in [0.15, 0.2) is 42.7 Å². The number of rotatable bonds is 3. The highest BCUT2D eigenvalue weighted by Crippen LogP contribution is 2.22. The summed E-state index contributed by atoms with van der Waals surface area (Å²) < 4.78 is 2.06. The molecule has 0 amide bonds. The van der Waals surface area contributed by atoms with E-state index in [1.54, 1.807) is 0 Å². The zero-order valence-electron chi connectivity index (χ0n) is 10.1. The molecule has 0 bridgehead atoms. The van der Waals surface area contributed by atoms with E-state index in [-0.39, 0.29) is 5.28 Å². The summed E-state index contributed by atoms with van der Waals surface area (Å²) in [6, 6.07) is 10.3. The normalized spacial score (nSPS) is 11.1. The van der Waals surface area contributed by atoms with Crippen molar-refractivity contribution in [3.8, 4) is 0 Å². The SMILES string of the molecule is Clc1nc(Cl)c2cn(CCc3ccccc3)cc2n1. The highest BCUT2D eigenvalue weighted by atomic mass is 35.5. The van der Waals surface area contributed by atoms with Crippen LogP contribution < -0.4 is 0 Å². The minimum absolute atomic E-state index is 0.179. The van der Waals surface area contributed by atoms with E-state index in [9.17, 15) is 0 Å². The Balaban J connectivity index is 1.84. The molecule has 2 heterocycles. The number of nitrogens with zero attached hydrogens (tertiary/aromatic N) is 3. The molecular formula is C14H11Cl2N3. The largest absolute Gasteiger partial charge is 0.351 e. The third-order valence-corrected chi connectivity index (χ3v) is 3.44. The van der Waals surface area contributed by atoms with Crippen molar-refractivity contribution in [1.82, 2.24) is 14.5 Å². The van der Waals surface area contributed by atoms with Gasteiger partial charge in [0.15, 0.2) is 0 Å². The van der Waals surface area contributed by atoms with Gasteiger partial charge in [-0.15, -0.1) is 0 Å². The fourth-order valence-electron chi connectivity index (χ4n) is 2.04. The summed E-state index contributed by atoms with van der Waals surface area (Å²) in [5, 5.41) is 1.41. The minimum atomic E-state index is 0.179. The van der Waals surface area contributed by atoms with Gasteiger partial charge in [0.1, 0.15) is 5.15 Å². The third-order valence-electron chi connectivity index (χ3n) is 2.99. The summed E-state index contributed by atoms with van der Waals surface area (Å²) >= 11 is 11.8.